The lowest BCUT2D eigenvalue weighted by Gasteiger charge is -2.19. The highest BCUT2D eigenvalue weighted by molar-refractivity contribution is 5.39. The SMILES string of the molecule is C=C/C=C1\N(C)C[C@H]2NC12C. The number of nitrogens with zero attached hydrogens (tertiary/aromatic N) is 1. The van der Waals surface area contributed by atoms with Crippen LogP contribution in [0.5, 0.6) is 0 Å². The summed E-state index contributed by atoms with van der Waals surface area (Å²) in [6.45, 7) is 7.09. The van der Waals surface area contributed by atoms with E-state index in [0.717, 1.165) is 6.54 Å². The van der Waals surface area contributed by atoms with Crippen LogP contribution < -0.4 is 5.32 Å². The van der Waals surface area contributed by atoms with Crippen molar-refractivity contribution in [3.8, 4) is 0 Å². The lowest BCUT2D eigenvalue weighted by molar-refractivity contribution is 0.434. The van der Waals surface area contributed by atoms with Gasteiger partial charge in [-0.2, -0.15) is 0 Å². The number of allylic oxidation sites excluding steroid dienone is 2. The van der Waals surface area contributed by atoms with Gasteiger partial charge in [0, 0.05) is 25.3 Å². The summed E-state index contributed by atoms with van der Waals surface area (Å²) < 4.78 is 0. The third-order valence-electron chi connectivity index (χ3n) is 2.76. The second kappa shape index (κ2) is 1.89. The zero-order valence-electron chi connectivity index (χ0n) is 7.09. The van der Waals surface area contributed by atoms with Gasteiger partial charge in [-0.1, -0.05) is 12.7 Å². The number of nitrogens with one attached hydrogen (secondary N) is 1. The molecular formula is C9H14N2. The van der Waals surface area contributed by atoms with E-state index in [2.05, 4.69) is 36.8 Å². The molecule has 2 rings (SSSR count). The molecule has 0 saturated carbocycles. The molecule has 0 radical (unpaired) electrons. The zero-order chi connectivity index (χ0) is 8.06. The number of likely N-dealkylation sites (tertiary alicyclic amines) is 1. The largest absolute Gasteiger partial charge is 0.375 e. The van der Waals surface area contributed by atoms with E-state index in [0.29, 0.717) is 6.04 Å². The van der Waals surface area contributed by atoms with Crippen molar-refractivity contribution in [2.75, 3.05) is 13.6 Å². The first-order chi connectivity index (χ1) is 5.18. The summed E-state index contributed by atoms with van der Waals surface area (Å²) in [4.78, 5) is 2.29. The van der Waals surface area contributed by atoms with Gasteiger partial charge >= 0.3 is 0 Å². The van der Waals surface area contributed by atoms with Gasteiger partial charge in [0.25, 0.3) is 0 Å². The van der Waals surface area contributed by atoms with Gasteiger partial charge in [0.2, 0.25) is 0 Å². The molecule has 0 aromatic rings. The van der Waals surface area contributed by atoms with Gasteiger partial charge in [-0.05, 0) is 13.0 Å². The molecule has 11 heavy (non-hydrogen) atoms. The Morgan fingerprint density at radius 2 is 2.55 bits per heavy atom. The normalized spacial score (nSPS) is 44.4. The average molecular weight is 150 g/mol. The van der Waals surface area contributed by atoms with Crippen molar-refractivity contribution in [3.63, 3.8) is 0 Å². The van der Waals surface area contributed by atoms with Crippen molar-refractivity contribution in [3.05, 3.63) is 24.4 Å². The molecule has 0 spiro atoms. The van der Waals surface area contributed by atoms with Crippen LogP contribution in [0.15, 0.2) is 24.4 Å². The monoisotopic (exact) mass is 150 g/mol. The number of likely N-dealkylation sites (N-methyl/N-ethyl adjacent to an activating group) is 1. The molecule has 2 saturated heterocycles. The number of hydrogen-bond donors (Lipinski definition) is 1. The van der Waals surface area contributed by atoms with Gasteiger partial charge in [0.05, 0.1) is 5.54 Å². The standard InChI is InChI=1S/C9H14N2/c1-4-5-8-9(2)7(10-9)6-11(8)3/h4-5,7,10H,1,6H2,2-3H3/b8-5-/t7-,9?/m1/s1. The smallest absolute Gasteiger partial charge is 0.0732 e. The number of piperazine rings is 1. The fraction of sp³-hybridized carbons (Fsp3) is 0.556. The van der Waals surface area contributed by atoms with Gasteiger partial charge in [0.1, 0.15) is 0 Å². The van der Waals surface area contributed by atoms with E-state index < -0.39 is 0 Å². The van der Waals surface area contributed by atoms with Crippen LogP contribution in [0.1, 0.15) is 6.92 Å². The fourth-order valence-corrected chi connectivity index (χ4v) is 1.98. The Labute approximate surface area is 67.6 Å². The van der Waals surface area contributed by atoms with E-state index in [4.69, 9.17) is 0 Å². The highest BCUT2D eigenvalue weighted by Crippen LogP contribution is 2.41. The maximum absolute atomic E-state index is 3.71. The highest BCUT2D eigenvalue weighted by Gasteiger charge is 2.58. The number of hydrogen-bond acceptors (Lipinski definition) is 2. The maximum atomic E-state index is 3.71. The Hall–Kier alpha value is -0.760. The Balaban J connectivity index is 2.29. The van der Waals surface area contributed by atoms with Crippen LogP contribution in [-0.4, -0.2) is 30.1 Å². The van der Waals surface area contributed by atoms with Crippen molar-refractivity contribution < 1.29 is 0 Å². The molecule has 0 aromatic heterocycles. The summed E-state index contributed by atoms with van der Waals surface area (Å²) in [7, 11) is 2.13. The van der Waals surface area contributed by atoms with Crippen molar-refractivity contribution >= 4 is 0 Å². The highest BCUT2D eigenvalue weighted by atomic mass is 15.4. The van der Waals surface area contributed by atoms with E-state index in [9.17, 15) is 0 Å². The Morgan fingerprint density at radius 3 is 3.00 bits per heavy atom. The lowest BCUT2D eigenvalue weighted by atomic mass is 10.1. The Bertz CT molecular complexity index is 232. The summed E-state index contributed by atoms with van der Waals surface area (Å²) in [5.74, 6) is 0. The molecule has 0 bridgehead atoms. The Kier molecular flexibility index (Phi) is 1.19. The first kappa shape index (κ1) is 6.92. The van der Waals surface area contributed by atoms with E-state index in [1.165, 1.54) is 5.70 Å². The molecular weight excluding hydrogens is 136 g/mol. The third kappa shape index (κ3) is 0.760. The van der Waals surface area contributed by atoms with E-state index in [1.807, 2.05) is 6.08 Å². The molecule has 2 heteroatoms. The van der Waals surface area contributed by atoms with Crippen molar-refractivity contribution in [2.45, 2.75) is 18.5 Å². The van der Waals surface area contributed by atoms with Crippen LogP contribution in [-0.2, 0) is 0 Å². The number of fused-ring (bicyclic) bond motifs is 1. The van der Waals surface area contributed by atoms with Crippen LogP contribution in [0.3, 0.4) is 0 Å². The predicted octanol–water partition coefficient (Wildman–Crippen LogP) is 0.732. The number of rotatable bonds is 1. The molecule has 2 aliphatic rings. The molecule has 2 aliphatic heterocycles. The van der Waals surface area contributed by atoms with Gasteiger partial charge < -0.3 is 4.90 Å². The minimum atomic E-state index is 0.267. The second-order valence-corrected chi connectivity index (χ2v) is 3.57. The van der Waals surface area contributed by atoms with Gasteiger partial charge in [0.15, 0.2) is 0 Å². The molecule has 2 atom stereocenters. The molecule has 0 aliphatic carbocycles. The first-order valence-electron chi connectivity index (χ1n) is 4.00. The van der Waals surface area contributed by atoms with Gasteiger partial charge in [-0.15, -0.1) is 0 Å². The lowest BCUT2D eigenvalue weighted by Crippen LogP contribution is -2.24. The molecule has 1 N–H and O–H groups in total. The summed E-state index contributed by atoms with van der Waals surface area (Å²) in [6, 6.07) is 0.679. The molecule has 2 nitrogen and oxygen atoms in total. The molecule has 0 amide bonds. The van der Waals surface area contributed by atoms with Crippen LogP contribution in [0.2, 0.25) is 0 Å². The summed E-state index contributed by atoms with van der Waals surface area (Å²) in [5.41, 5.74) is 1.64. The van der Waals surface area contributed by atoms with Crippen LogP contribution >= 0.6 is 0 Å². The summed E-state index contributed by atoms with van der Waals surface area (Å²) in [5, 5.41) is 3.45. The molecule has 2 fully saturated rings. The average Bonchev–Trinajstić information content (AvgIpc) is 2.51. The van der Waals surface area contributed by atoms with Crippen LogP contribution in [0.4, 0.5) is 0 Å². The molecule has 0 aromatic carbocycles. The summed E-state index contributed by atoms with van der Waals surface area (Å²) in [6.07, 6.45) is 3.96. The zero-order valence-corrected chi connectivity index (χ0v) is 7.09. The van der Waals surface area contributed by atoms with Crippen molar-refractivity contribution in [1.82, 2.24) is 10.2 Å². The van der Waals surface area contributed by atoms with E-state index >= 15 is 0 Å². The molecule has 2 heterocycles. The predicted molar refractivity (Wildman–Crippen MR) is 46.2 cm³/mol. The molecule has 1 unspecified atom stereocenters. The molecule has 60 valence electrons. The quantitative estimate of drug-likeness (QED) is 0.557. The van der Waals surface area contributed by atoms with Gasteiger partial charge in [-0.3, -0.25) is 5.32 Å². The van der Waals surface area contributed by atoms with Crippen LogP contribution in [0.25, 0.3) is 0 Å². The van der Waals surface area contributed by atoms with E-state index in [-0.39, 0.29) is 5.54 Å². The topological polar surface area (TPSA) is 25.2 Å². The van der Waals surface area contributed by atoms with Crippen LogP contribution in [0, 0.1) is 0 Å². The Morgan fingerprint density at radius 1 is 1.82 bits per heavy atom. The minimum Gasteiger partial charge on any atom is -0.375 e. The van der Waals surface area contributed by atoms with Gasteiger partial charge in [-0.25, -0.2) is 0 Å². The first-order valence-corrected chi connectivity index (χ1v) is 4.00. The fourth-order valence-electron chi connectivity index (χ4n) is 1.98. The minimum absolute atomic E-state index is 0.267. The maximum Gasteiger partial charge on any atom is 0.0732 e. The summed E-state index contributed by atoms with van der Waals surface area (Å²) >= 11 is 0. The third-order valence-corrected chi connectivity index (χ3v) is 2.76. The van der Waals surface area contributed by atoms with Crippen molar-refractivity contribution in [2.24, 2.45) is 0 Å². The second-order valence-electron chi connectivity index (χ2n) is 3.57. The van der Waals surface area contributed by atoms with Crippen molar-refractivity contribution in [1.29, 1.82) is 0 Å². The van der Waals surface area contributed by atoms with E-state index in [1.54, 1.807) is 0 Å².